The van der Waals surface area contributed by atoms with Crippen molar-refractivity contribution in [3.8, 4) is 0 Å². The average Bonchev–Trinajstić information content (AvgIpc) is 3.04. The first-order chi connectivity index (χ1) is 9.97. The molecule has 0 atom stereocenters. The van der Waals surface area contributed by atoms with E-state index in [1.54, 1.807) is 12.3 Å². The normalized spacial score (nSPS) is 12.0. The van der Waals surface area contributed by atoms with Crippen molar-refractivity contribution < 1.29 is 8.42 Å². The number of aromatic nitrogens is 1. The van der Waals surface area contributed by atoms with Gasteiger partial charge in [0.1, 0.15) is 0 Å². The Morgan fingerprint density at radius 3 is 2.81 bits per heavy atom. The monoisotopic (exact) mass is 391 g/mol. The molecule has 8 heteroatoms. The highest BCUT2D eigenvalue weighted by Crippen LogP contribution is 2.23. The molecular formula is C13H18BrN3O2S2. The van der Waals surface area contributed by atoms with Crippen molar-refractivity contribution in [2.75, 3.05) is 0 Å². The minimum Gasteiger partial charge on any atom is -0.349 e. The van der Waals surface area contributed by atoms with Crippen LogP contribution in [0.2, 0.25) is 0 Å². The molecule has 0 amide bonds. The van der Waals surface area contributed by atoms with Crippen LogP contribution in [0.4, 0.5) is 0 Å². The fourth-order valence-corrected chi connectivity index (χ4v) is 4.57. The van der Waals surface area contributed by atoms with Gasteiger partial charge in [0.25, 0.3) is 0 Å². The van der Waals surface area contributed by atoms with Gasteiger partial charge >= 0.3 is 0 Å². The van der Waals surface area contributed by atoms with E-state index in [2.05, 4.69) is 20.7 Å². The Balaban J connectivity index is 2.17. The SMILES string of the molecule is CCCn1cc(S(=O)(=O)NCc2sccc2Br)cc1CN. The Labute approximate surface area is 137 Å². The Bertz CT molecular complexity index is 707. The summed E-state index contributed by atoms with van der Waals surface area (Å²) in [6, 6.07) is 3.54. The van der Waals surface area contributed by atoms with Crippen molar-refractivity contribution >= 4 is 37.3 Å². The highest BCUT2D eigenvalue weighted by molar-refractivity contribution is 9.10. The molecule has 3 N–H and O–H groups in total. The number of hydrogen-bond donors (Lipinski definition) is 2. The molecule has 0 unspecified atom stereocenters. The topological polar surface area (TPSA) is 77.1 Å². The van der Waals surface area contributed by atoms with Gasteiger partial charge in [-0.15, -0.1) is 11.3 Å². The summed E-state index contributed by atoms with van der Waals surface area (Å²) in [4.78, 5) is 1.22. The molecule has 0 bridgehead atoms. The first kappa shape index (κ1) is 16.7. The molecule has 5 nitrogen and oxygen atoms in total. The van der Waals surface area contributed by atoms with Gasteiger partial charge < -0.3 is 10.3 Å². The second kappa shape index (κ2) is 7.06. The Hall–Kier alpha value is -0.670. The summed E-state index contributed by atoms with van der Waals surface area (Å²) in [5.41, 5.74) is 6.50. The third-order valence-electron chi connectivity index (χ3n) is 3.06. The van der Waals surface area contributed by atoms with Crippen LogP contribution < -0.4 is 10.5 Å². The molecule has 0 saturated heterocycles. The molecule has 0 fully saturated rings. The molecule has 0 aromatic carbocycles. The number of aryl methyl sites for hydroxylation is 1. The van der Waals surface area contributed by atoms with E-state index in [1.807, 2.05) is 22.9 Å². The van der Waals surface area contributed by atoms with Crippen molar-refractivity contribution in [2.24, 2.45) is 5.73 Å². The largest absolute Gasteiger partial charge is 0.349 e. The third kappa shape index (κ3) is 3.95. The number of rotatable bonds is 7. The van der Waals surface area contributed by atoms with Gasteiger partial charge in [0.05, 0.1) is 4.90 Å². The predicted molar refractivity (Wildman–Crippen MR) is 88.7 cm³/mol. The van der Waals surface area contributed by atoms with Crippen LogP contribution in [-0.4, -0.2) is 13.0 Å². The standard InChI is InChI=1S/C13H18BrN3O2S2/c1-2-4-17-9-11(6-10(17)7-15)21(18,19)16-8-13-12(14)3-5-20-13/h3,5-6,9,16H,2,4,7-8,15H2,1H3. The van der Waals surface area contributed by atoms with Gasteiger partial charge in [-0.25, -0.2) is 13.1 Å². The molecule has 0 aliphatic heterocycles. The van der Waals surface area contributed by atoms with Gasteiger partial charge in [-0.3, -0.25) is 0 Å². The minimum atomic E-state index is -3.52. The Morgan fingerprint density at radius 2 is 2.24 bits per heavy atom. The fraction of sp³-hybridized carbons (Fsp3) is 0.385. The van der Waals surface area contributed by atoms with Crippen molar-refractivity contribution in [3.05, 3.63) is 38.8 Å². The number of nitrogens with one attached hydrogen (secondary N) is 1. The predicted octanol–water partition coefficient (Wildman–Crippen LogP) is 2.66. The lowest BCUT2D eigenvalue weighted by molar-refractivity contribution is 0.580. The van der Waals surface area contributed by atoms with Crippen molar-refractivity contribution in [2.45, 2.75) is 37.9 Å². The number of hydrogen-bond acceptors (Lipinski definition) is 4. The van der Waals surface area contributed by atoms with Gasteiger partial charge in [0.2, 0.25) is 10.0 Å². The van der Waals surface area contributed by atoms with Crippen molar-refractivity contribution in [1.82, 2.24) is 9.29 Å². The van der Waals surface area contributed by atoms with E-state index in [4.69, 9.17) is 5.73 Å². The van der Waals surface area contributed by atoms with Crippen LogP contribution in [0.5, 0.6) is 0 Å². The van der Waals surface area contributed by atoms with Gasteiger partial charge in [-0.05, 0) is 39.9 Å². The van der Waals surface area contributed by atoms with E-state index in [0.29, 0.717) is 6.54 Å². The number of halogens is 1. The maximum atomic E-state index is 12.3. The maximum Gasteiger partial charge on any atom is 0.242 e. The highest BCUT2D eigenvalue weighted by atomic mass is 79.9. The molecule has 0 saturated carbocycles. The van der Waals surface area contributed by atoms with Crippen LogP contribution in [0.25, 0.3) is 0 Å². The van der Waals surface area contributed by atoms with Crippen LogP contribution in [0.1, 0.15) is 23.9 Å². The third-order valence-corrected chi connectivity index (χ3v) is 6.35. The van der Waals surface area contributed by atoms with Crippen LogP contribution >= 0.6 is 27.3 Å². The van der Waals surface area contributed by atoms with Crippen molar-refractivity contribution in [3.63, 3.8) is 0 Å². The first-order valence-electron chi connectivity index (χ1n) is 6.58. The van der Waals surface area contributed by atoms with E-state index in [-0.39, 0.29) is 11.4 Å². The molecule has 116 valence electrons. The zero-order valence-corrected chi connectivity index (χ0v) is 14.9. The van der Waals surface area contributed by atoms with Crippen LogP contribution in [0.3, 0.4) is 0 Å². The molecular weight excluding hydrogens is 374 g/mol. The quantitative estimate of drug-likeness (QED) is 0.761. The summed E-state index contributed by atoms with van der Waals surface area (Å²) in [5.74, 6) is 0. The summed E-state index contributed by atoms with van der Waals surface area (Å²) in [7, 11) is -3.52. The van der Waals surface area contributed by atoms with Gasteiger partial charge in [0.15, 0.2) is 0 Å². The molecule has 0 radical (unpaired) electrons. The lowest BCUT2D eigenvalue weighted by Gasteiger charge is -2.05. The Kier molecular flexibility index (Phi) is 5.61. The van der Waals surface area contributed by atoms with Crippen LogP contribution in [0, 0.1) is 0 Å². The zero-order chi connectivity index (χ0) is 15.5. The van der Waals surface area contributed by atoms with Crippen LogP contribution in [-0.2, 0) is 29.7 Å². The Morgan fingerprint density at radius 1 is 1.48 bits per heavy atom. The zero-order valence-electron chi connectivity index (χ0n) is 11.7. The van der Waals surface area contributed by atoms with E-state index < -0.39 is 10.0 Å². The second-order valence-corrected chi connectivity index (χ2v) is 8.20. The maximum absolute atomic E-state index is 12.3. The molecule has 0 spiro atoms. The molecule has 2 rings (SSSR count). The minimum absolute atomic E-state index is 0.268. The van der Waals surface area contributed by atoms with Crippen molar-refractivity contribution in [1.29, 1.82) is 0 Å². The highest BCUT2D eigenvalue weighted by Gasteiger charge is 2.18. The lowest BCUT2D eigenvalue weighted by Crippen LogP contribution is -2.22. The molecule has 2 heterocycles. The van der Waals surface area contributed by atoms with Gasteiger partial charge in [-0.1, -0.05) is 6.92 Å². The first-order valence-corrected chi connectivity index (χ1v) is 9.74. The summed E-state index contributed by atoms with van der Waals surface area (Å²) in [5, 5.41) is 1.91. The molecule has 0 aliphatic rings. The molecule has 0 aliphatic carbocycles. The number of thiophene rings is 1. The average molecular weight is 392 g/mol. The van der Waals surface area contributed by atoms with E-state index in [9.17, 15) is 8.42 Å². The molecule has 21 heavy (non-hydrogen) atoms. The van der Waals surface area contributed by atoms with Crippen LogP contribution in [0.15, 0.2) is 33.1 Å². The molecule has 2 aromatic rings. The second-order valence-electron chi connectivity index (χ2n) is 4.58. The number of nitrogens with zero attached hydrogens (tertiary/aromatic N) is 1. The van der Waals surface area contributed by atoms with Gasteiger partial charge in [-0.2, -0.15) is 0 Å². The van der Waals surface area contributed by atoms with E-state index >= 15 is 0 Å². The summed E-state index contributed by atoms with van der Waals surface area (Å²) >= 11 is 4.90. The summed E-state index contributed by atoms with van der Waals surface area (Å²) in [6.07, 6.45) is 2.58. The fourth-order valence-electron chi connectivity index (χ4n) is 1.99. The van der Waals surface area contributed by atoms with Gasteiger partial charge in [0, 0.05) is 40.9 Å². The summed E-state index contributed by atoms with van der Waals surface area (Å²) in [6.45, 7) is 3.41. The van der Waals surface area contributed by atoms with E-state index in [1.165, 1.54) is 11.3 Å². The number of nitrogens with two attached hydrogens (primary N) is 1. The summed E-state index contributed by atoms with van der Waals surface area (Å²) < 4.78 is 30.1. The molecule has 2 aromatic heterocycles. The van der Waals surface area contributed by atoms with E-state index in [0.717, 1.165) is 28.0 Å². The smallest absolute Gasteiger partial charge is 0.242 e. The lowest BCUT2D eigenvalue weighted by atomic mass is 10.4. The number of sulfonamides is 1.